The topological polar surface area (TPSA) is 58.9 Å². The molecule has 0 saturated heterocycles. The molecule has 0 atom stereocenters. The predicted molar refractivity (Wildman–Crippen MR) is 60.8 cm³/mol. The van der Waals surface area contributed by atoms with Crippen molar-refractivity contribution in [2.24, 2.45) is 9.98 Å². The lowest BCUT2D eigenvalue weighted by molar-refractivity contribution is 0.564. The van der Waals surface area contributed by atoms with Crippen LogP contribution >= 0.6 is 0 Å². The average molecular weight is 216 g/mol. The molecule has 1 aromatic carbocycles. The lowest BCUT2D eigenvalue weighted by Crippen LogP contribution is -1.87. The van der Waals surface area contributed by atoms with E-state index in [1.165, 1.54) is 12.2 Å². The Bertz CT molecular complexity index is 436. The van der Waals surface area contributed by atoms with Crippen LogP contribution in [-0.2, 0) is 22.4 Å². The molecule has 16 heavy (non-hydrogen) atoms. The third-order valence-corrected chi connectivity index (χ3v) is 2.37. The van der Waals surface area contributed by atoms with Gasteiger partial charge < -0.3 is 0 Å². The Hall–Kier alpha value is -2.02. The smallest absolute Gasteiger partial charge is 0.211 e. The fourth-order valence-corrected chi connectivity index (χ4v) is 1.54. The minimum Gasteiger partial charge on any atom is -0.211 e. The van der Waals surface area contributed by atoms with Gasteiger partial charge in [0, 0.05) is 0 Å². The average Bonchev–Trinajstić information content (AvgIpc) is 2.31. The van der Waals surface area contributed by atoms with Gasteiger partial charge >= 0.3 is 0 Å². The maximum atomic E-state index is 10.3. The summed E-state index contributed by atoms with van der Waals surface area (Å²) in [6.45, 7) is 3.89. The van der Waals surface area contributed by atoms with E-state index < -0.39 is 0 Å². The molecule has 0 spiro atoms. The second-order valence-electron chi connectivity index (χ2n) is 3.22. The third kappa shape index (κ3) is 2.51. The number of hydrogen-bond donors (Lipinski definition) is 0. The van der Waals surface area contributed by atoms with Crippen LogP contribution in [0.1, 0.15) is 25.0 Å². The molecule has 4 heteroatoms. The highest BCUT2D eigenvalue weighted by atomic mass is 16.1. The van der Waals surface area contributed by atoms with Crippen molar-refractivity contribution in [3.63, 3.8) is 0 Å². The molecule has 0 aromatic heterocycles. The van der Waals surface area contributed by atoms with Crippen molar-refractivity contribution in [3.8, 4) is 0 Å². The maximum absolute atomic E-state index is 10.3. The molecule has 82 valence electrons. The van der Waals surface area contributed by atoms with Crippen LogP contribution in [-0.4, -0.2) is 12.2 Å². The maximum Gasteiger partial charge on any atom is 0.240 e. The summed E-state index contributed by atoms with van der Waals surface area (Å²) in [4.78, 5) is 27.8. The van der Waals surface area contributed by atoms with E-state index in [1.54, 1.807) is 12.1 Å². The van der Waals surface area contributed by atoms with E-state index in [9.17, 15) is 9.59 Å². The van der Waals surface area contributed by atoms with Gasteiger partial charge in [0.1, 0.15) is 0 Å². The molecule has 0 radical (unpaired) electrons. The first-order chi connectivity index (χ1) is 7.76. The number of rotatable bonds is 4. The van der Waals surface area contributed by atoms with Gasteiger partial charge in [-0.05, 0) is 36.1 Å². The number of nitrogens with zero attached hydrogens (tertiary/aromatic N) is 2. The summed E-state index contributed by atoms with van der Waals surface area (Å²) < 4.78 is 0. The highest BCUT2D eigenvalue weighted by Crippen LogP contribution is 2.29. The van der Waals surface area contributed by atoms with Crippen molar-refractivity contribution in [2.45, 2.75) is 26.7 Å². The number of benzene rings is 1. The molecule has 0 bridgehead atoms. The highest BCUT2D eigenvalue weighted by Gasteiger charge is 2.07. The minimum atomic E-state index is 0.596. The van der Waals surface area contributed by atoms with E-state index in [1.807, 2.05) is 13.8 Å². The zero-order chi connectivity index (χ0) is 12.0. The number of isocyanates is 2. The van der Waals surface area contributed by atoms with E-state index in [-0.39, 0.29) is 0 Å². The molecule has 0 unspecified atom stereocenters. The van der Waals surface area contributed by atoms with Gasteiger partial charge in [0.2, 0.25) is 12.2 Å². The fraction of sp³-hybridized carbons (Fsp3) is 0.333. The lowest BCUT2D eigenvalue weighted by Gasteiger charge is -2.07. The van der Waals surface area contributed by atoms with Crippen LogP contribution in [0.2, 0.25) is 0 Å². The van der Waals surface area contributed by atoms with Crippen molar-refractivity contribution in [1.82, 2.24) is 0 Å². The van der Waals surface area contributed by atoms with Crippen molar-refractivity contribution in [2.75, 3.05) is 0 Å². The molecule has 0 N–H and O–H groups in total. The van der Waals surface area contributed by atoms with Crippen molar-refractivity contribution >= 4 is 23.5 Å². The number of aliphatic imine (C=N–C) groups is 2. The highest BCUT2D eigenvalue weighted by molar-refractivity contribution is 5.64. The number of carbonyl (C=O) groups excluding carboxylic acids is 2. The molecule has 0 aliphatic heterocycles. The van der Waals surface area contributed by atoms with Crippen LogP contribution in [0, 0.1) is 0 Å². The van der Waals surface area contributed by atoms with Gasteiger partial charge in [-0.25, -0.2) is 9.59 Å². The molecule has 0 aliphatic carbocycles. The van der Waals surface area contributed by atoms with E-state index in [0.717, 1.165) is 11.1 Å². The summed E-state index contributed by atoms with van der Waals surface area (Å²) >= 11 is 0. The van der Waals surface area contributed by atoms with Gasteiger partial charge in [0.25, 0.3) is 0 Å². The van der Waals surface area contributed by atoms with Gasteiger partial charge in [-0.2, -0.15) is 9.98 Å². The summed E-state index contributed by atoms with van der Waals surface area (Å²) in [5.41, 5.74) is 2.93. The summed E-state index contributed by atoms with van der Waals surface area (Å²) in [6, 6.07) is 3.53. The molecular weight excluding hydrogens is 204 g/mol. The van der Waals surface area contributed by atoms with Gasteiger partial charge in [-0.1, -0.05) is 13.8 Å². The van der Waals surface area contributed by atoms with Gasteiger partial charge in [0.05, 0.1) is 11.4 Å². The Balaban J connectivity index is 3.44. The molecule has 4 nitrogen and oxygen atoms in total. The molecule has 1 aromatic rings. The Kier molecular flexibility index (Phi) is 4.34. The standard InChI is InChI=1S/C12H12N2O2/c1-3-9-5-12(14-8-16)10(4-2)6-11(9)13-7-15/h5-6H,3-4H2,1-2H3. The lowest BCUT2D eigenvalue weighted by atomic mass is 10.0. The molecule has 0 amide bonds. The summed E-state index contributed by atoms with van der Waals surface area (Å²) in [5, 5.41) is 0. The Morgan fingerprint density at radius 3 is 1.56 bits per heavy atom. The van der Waals surface area contributed by atoms with Crippen LogP contribution in [0.5, 0.6) is 0 Å². The molecule has 0 aliphatic rings. The second-order valence-corrected chi connectivity index (χ2v) is 3.22. The van der Waals surface area contributed by atoms with Crippen LogP contribution in [0.3, 0.4) is 0 Å². The van der Waals surface area contributed by atoms with Gasteiger partial charge in [-0.3, -0.25) is 0 Å². The van der Waals surface area contributed by atoms with E-state index in [4.69, 9.17) is 0 Å². The normalized spacial score (nSPS) is 9.12. The third-order valence-electron chi connectivity index (χ3n) is 2.37. The minimum absolute atomic E-state index is 0.596. The van der Waals surface area contributed by atoms with E-state index >= 15 is 0 Å². The van der Waals surface area contributed by atoms with Gasteiger partial charge in [0.15, 0.2) is 0 Å². The summed E-state index contributed by atoms with van der Waals surface area (Å²) in [7, 11) is 0. The van der Waals surface area contributed by atoms with Gasteiger partial charge in [-0.15, -0.1) is 0 Å². The Labute approximate surface area is 93.7 Å². The molecule has 0 fully saturated rings. The van der Waals surface area contributed by atoms with Crippen molar-refractivity contribution < 1.29 is 9.59 Å². The molecule has 1 rings (SSSR count). The molecule has 0 saturated carbocycles. The zero-order valence-electron chi connectivity index (χ0n) is 9.28. The van der Waals surface area contributed by atoms with Crippen LogP contribution < -0.4 is 0 Å². The SMILES string of the molecule is CCc1cc(N=C=O)c(CC)cc1N=C=O. The largest absolute Gasteiger partial charge is 0.240 e. The number of aryl methyl sites for hydroxylation is 2. The van der Waals surface area contributed by atoms with Crippen LogP contribution in [0.4, 0.5) is 11.4 Å². The van der Waals surface area contributed by atoms with Crippen molar-refractivity contribution in [3.05, 3.63) is 23.3 Å². The van der Waals surface area contributed by atoms with E-state index in [0.29, 0.717) is 24.2 Å². The van der Waals surface area contributed by atoms with Crippen LogP contribution in [0.25, 0.3) is 0 Å². The first kappa shape index (κ1) is 12.1. The first-order valence-electron chi connectivity index (χ1n) is 5.08. The van der Waals surface area contributed by atoms with Crippen LogP contribution in [0.15, 0.2) is 22.1 Å². The summed E-state index contributed by atoms with van der Waals surface area (Å²) in [5.74, 6) is 0. The van der Waals surface area contributed by atoms with Crippen molar-refractivity contribution in [1.29, 1.82) is 0 Å². The Morgan fingerprint density at radius 1 is 0.938 bits per heavy atom. The number of hydrogen-bond acceptors (Lipinski definition) is 4. The first-order valence-corrected chi connectivity index (χ1v) is 5.08. The predicted octanol–water partition coefficient (Wildman–Crippen LogP) is 2.75. The summed E-state index contributed by atoms with van der Waals surface area (Å²) in [6.07, 6.45) is 4.49. The molecule has 0 heterocycles. The molecular formula is C12H12N2O2. The zero-order valence-corrected chi connectivity index (χ0v) is 9.28. The Morgan fingerprint density at radius 2 is 1.31 bits per heavy atom. The fourth-order valence-electron chi connectivity index (χ4n) is 1.54. The van der Waals surface area contributed by atoms with E-state index in [2.05, 4.69) is 9.98 Å². The second kappa shape index (κ2) is 5.76. The monoisotopic (exact) mass is 216 g/mol. The quantitative estimate of drug-likeness (QED) is 0.574.